The van der Waals surface area contributed by atoms with Crippen LogP contribution in [-0.2, 0) is 14.3 Å². The van der Waals surface area contributed by atoms with Gasteiger partial charge in [0.15, 0.2) is 11.6 Å². The molecule has 0 unspecified atom stereocenters. The van der Waals surface area contributed by atoms with E-state index in [-0.39, 0.29) is 18.0 Å². The Kier molecular flexibility index (Phi) is 9.97. The summed E-state index contributed by atoms with van der Waals surface area (Å²) in [5.41, 5.74) is 6.73. The fourth-order valence-corrected chi connectivity index (χ4v) is 6.23. The minimum Gasteiger partial charge on any atom is -0.460 e. The number of likely N-dealkylation sites (tertiary alicyclic amines) is 1. The summed E-state index contributed by atoms with van der Waals surface area (Å²) >= 11 is 5.45. The van der Waals surface area contributed by atoms with Gasteiger partial charge in [-0.2, -0.15) is 0 Å². The number of hydrogen-bond acceptors (Lipinski definition) is 9. The summed E-state index contributed by atoms with van der Waals surface area (Å²) in [5.74, 6) is -0.299. The highest BCUT2D eigenvalue weighted by atomic mass is 127. The quantitative estimate of drug-likeness (QED) is 0.208. The summed E-state index contributed by atoms with van der Waals surface area (Å²) in [5, 5.41) is 4.16. The molecule has 2 aliphatic heterocycles. The lowest BCUT2D eigenvalue weighted by molar-refractivity contribution is -0.156. The first kappa shape index (κ1) is 33.8. The molecule has 1 amide bonds. The van der Waals surface area contributed by atoms with Crippen LogP contribution in [-0.4, -0.2) is 89.9 Å². The van der Waals surface area contributed by atoms with E-state index in [1.165, 1.54) is 0 Å². The van der Waals surface area contributed by atoms with Gasteiger partial charge in [0.1, 0.15) is 16.7 Å². The number of nitrogens with zero attached hydrogens (tertiary/aromatic N) is 4. The molecule has 2 aliphatic rings. The third kappa shape index (κ3) is 7.94. The van der Waals surface area contributed by atoms with Crippen LogP contribution < -0.4 is 16.0 Å². The van der Waals surface area contributed by atoms with Crippen molar-refractivity contribution in [1.29, 1.82) is 0 Å². The molecule has 0 saturated carbocycles. The van der Waals surface area contributed by atoms with E-state index in [1.54, 1.807) is 4.90 Å². The smallest absolute Gasteiger partial charge is 0.410 e. The number of amides is 1. The molecule has 0 aliphatic carbocycles. The molecule has 2 aromatic rings. The molecule has 2 atom stereocenters. The van der Waals surface area contributed by atoms with Crippen LogP contribution in [0.25, 0.3) is 10.9 Å². The highest BCUT2D eigenvalue weighted by Gasteiger charge is 2.38. The number of benzene rings is 1. The molecule has 0 radical (unpaired) electrons. The van der Waals surface area contributed by atoms with Gasteiger partial charge in [0.25, 0.3) is 0 Å². The molecule has 43 heavy (non-hydrogen) atoms. The van der Waals surface area contributed by atoms with Crippen LogP contribution in [0, 0.1) is 9.39 Å². The van der Waals surface area contributed by atoms with Gasteiger partial charge in [-0.1, -0.05) is 0 Å². The fraction of sp³-hybridized carbons (Fsp3) is 0.633. The van der Waals surface area contributed by atoms with Crippen molar-refractivity contribution < 1.29 is 23.5 Å². The van der Waals surface area contributed by atoms with Crippen molar-refractivity contribution >= 4 is 78.7 Å². The van der Waals surface area contributed by atoms with E-state index in [1.807, 2.05) is 61.7 Å². The maximum Gasteiger partial charge on any atom is 0.410 e. The Balaban J connectivity index is 1.67. The predicted octanol–water partition coefficient (Wildman–Crippen LogP) is 5.99. The number of ether oxygens (including phenoxy) is 2. The van der Waals surface area contributed by atoms with Crippen LogP contribution in [0.5, 0.6) is 0 Å². The van der Waals surface area contributed by atoms with Gasteiger partial charge in [-0.15, -0.1) is 0 Å². The van der Waals surface area contributed by atoms with Gasteiger partial charge in [0.2, 0.25) is 0 Å². The number of nitrogens with two attached hydrogens (primary N) is 1. The zero-order valence-corrected chi connectivity index (χ0v) is 29.9. The number of carbonyl (C=O) groups excluding carboxylic acids is 2. The topological polar surface area (TPSA) is 113 Å². The molecule has 4 rings (SSSR count). The van der Waals surface area contributed by atoms with Crippen LogP contribution in [0.3, 0.4) is 0 Å². The van der Waals surface area contributed by atoms with E-state index in [0.717, 1.165) is 13.1 Å². The second-order valence-electron chi connectivity index (χ2n) is 13.6. The molecule has 2 saturated heterocycles. The zero-order chi connectivity index (χ0) is 32.0. The van der Waals surface area contributed by atoms with E-state index in [9.17, 15) is 9.59 Å². The van der Waals surface area contributed by atoms with Crippen molar-refractivity contribution in [3.05, 3.63) is 19.9 Å². The van der Waals surface area contributed by atoms with E-state index >= 15 is 4.39 Å². The lowest BCUT2D eigenvalue weighted by atomic mass is 9.94. The summed E-state index contributed by atoms with van der Waals surface area (Å²) < 4.78 is 27.9. The van der Waals surface area contributed by atoms with Gasteiger partial charge >= 0.3 is 12.1 Å². The average molecular weight is 778 g/mol. The number of likely N-dealkylation sites (N-methyl/N-ethyl adjacent to an activating group) is 1. The van der Waals surface area contributed by atoms with Crippen molar-refractivity contribution in [2.45, 2.75) is 90.1 Å². The van der Waals surface area contributed by atoms with Crippen molar-refractivity contribution in [2.24, 2.45) is 0 Å². The monoisotopic (exact) mass is 776 g/mol. The van der Waals surface area contributed by atoms with Gasteiger partial charge in [0, 0.05) is 46.7 Å². The normalized spacial score (nSPS) is 19.9. The second kappa shape index (κ2) is 12.7. The fourth-order valence-electron chi connectivity index (χ4n) is 5.38. The Bertz CT molecular complexity index is 1390. The second-order valence-corrected chi connectivity index (χ2v) is 15.6. The number of rotatable bonds is 6. The minimum atomic E-state index is -0.679. The summed E-state index contributed by atoms with van der Waals surface area (Å²) in [7, 11) is 4.06. The van der Waals surface area contributed by atoms with Gasteiger partial charge in [-0.3, -0.25) is 4.79 Å². The number of pyridine rings is 1. The molecule has 10 nitrogen and oxygen atoms in total. The highest BCUT2D eigenvalue weighted by molar-refractivity contribution is 14.1. The number of hydrogen-bond donors (Lipinski definition) is 2. The van der Waals surface area contributed by atoms with Gasteiger partial charge in [-0.05, 0) is 113 Å². The van der Waals surface area contributed by atoms with E-state index in [2.05, 4.69) is 53.6 Å². The molecule has 3 N–H and O–H groups in total. The maximum atomic E-state index is 15.6. The molecule has 3 heterocycles. The first-order valence-electron chi connectivity index (χ1n) is 14.5. The SMILES string of the molecule is CN(C)C1CN(c2nc3c(F)c(Br)c(I)cc3c(N[C@@H]3CCN(C(=O)OC(C)(C)C)[C@H](CC(=O)OC(C)(C)C)C3)c2N)C1. The Hall–Kier alpha value is -2.13. The number of esters is 1. The summed E-state index contributed by atoms with van der Waals surface area (Å²) in [6, 6.07) is 1.59. The minimum absolute atomic E-state index is 0.0195. The maximum absolute atomic E-state index is 15.6. The van der Waals surface area contributed by atoms with Crippen LogP contribution in [0.15, 0.2) is 10.5 Å². The van der Waals surface area contributed by atoms with E-state index < -0.39 is 35.1 Å². The number of piperidine rings is 1. The lowest BCUT2D eigenvalue weighted by Crippen LogP contribution is -2.58. The van der Waals surface area contributed by atoms with Crippen LogP contribution in [0.4, 0.5) is 26.4 Å². The molecule has 238 valence electrons. The number of carbonyl (C=O) groups is 2. The first-order chi connectivity index (χ1) is 19.8. The molecule has 1 aromatic heterocycles. The third-order valence-corrected chi connectivity index (χ3v) is 9.91. The summed E-state index contributed by atoms with van der Waals surface area (Å²) in [4.78, 5) is 36.6. The summed E-state index contributed by atoms with van der Waals surface area (Å²) in [6.07, 6.45) is 0.571. The van der Waals surface area contributed by atoms with Crippen molar-refractivity contribution in [3.63, 3.8) is 0 Å². The van der Waals surface area contributed by atoms with Crippen LogP contribution in [0.1, 0.15) is 60.8 Å². The summed E-state index contributed by atoms with van der Waals surface area (Å²) in [6.45, 7) is 12.7. The van der Waals surface area contributed by atoms with Crippen molar-refractivity contribution in [1.82, 2.24) is 14.8 Å². The average Bonchev–Trinajstić information content (AvgIpc) is 2.82. The van der Waals surface area contributed by atoms with Crippen molar-refractivity contribution in [2.75, 3.05) is 49.7 Å². The first-order valence-corrected chi connectivity index (χ1v) is 16.4. The molecule has 13 heteroatoms. The molecule has 0 spiro atoms. The Morgan fingerprint density at radius 2 is 1.81 bits per heavy atom. The largest absolute Gasteiger partial charge is 0.460 e. The highest BCUT2D eigenvalue weighted by Crippen LogP contribution is 2.42. The number of halogens is 3. The van der Waals surface area contributed by atoms with Crippen molar-refractivity contribution in [3.8, 4) is 0 Å². The van der Waals surface area contributed by atoms with E-state index in [4.69, 9.17) is 20.2 Å². The molecular formula is C30H43BrFIN6O4. The number of aromatic nitrogens is 1. The van der Waals surface area contributed by atoms with Gasteiger partial charge < -0.3 is 35.2 Å². The molecular weight excluding hydrogens is 734 g/mol. The van der Waals surface area contributed by atoms with Gasteiger partial charge in [-0.25, -0.2) is 14.2 Å². The third-order valence-electron chi connectivity index (χ3n) is 7.54. The molecule has 2 fully saturated rings. The standard InChI is InChI=1S/C30H43BrFIN6O4/c1-29(2,3)42-21(40)12-17-11-16(9-10-39(17)28(41)43-30(4,5)6)35-26-19-13-20(33)22(31)23(32)25(19)36-27(24(26)34)38-14-18(15-38)37(7)8/h13,16-18H,9-12,14-15,34H2,1-8H3,(H,35,36)/t16-,17+/m1/s1. The number of nitrogen functional groups attached to an aromatic ring is 1. The Morgan fingerprint density at radius 1 is 1.19 bits per heavy atom. The number of fused-ring (bicyclic) bond motifs is 1. The zero-order valence-electron chi connectivity index (χ0n) is 26.2. The molecule has 0 bridgehead atoms. The van der Waals surface area contributed by atoms with E-state index in [0.29, 0.717) is 56.1 Å². The lowest BCUT2D eigenvalue weighted by Gasteiger charge is -2.44. The van der Waals surface area contributed by atoms with Gasteiger partial charge in [0.05, 0.1) is 22.3 Å². The predicted molar refractivity (Wildman–Crippen MR) is 180 cm³/mol. The number of anilines is 3. The van der Waals surface area contributed by atoms with Crippen LogP contribution >= 0.6 is 38.5 Å². The Morgan fingerprint density at radius 3 is 2.40 bits per heavy atom. The molecule has 1 aromatic carbocycles. The Labute approximate surface area is 275 Å². The number of nitrogens with one attached hydrogen (secondary N) is 1. The van der Waals surface area contributed by atoms with Crippen LogP contribution in [0.2, 0.25) is 0 Å².